The first-order valence-electron chi connectivity index (χ1n) is 8.31. The van der Waals surface area contributed by atoms with Crippen LogP contribution in [0, 0.1) is 11.7 Å². The first kappa shape index (κ1) is 15.3. The molecule has 0 aromatic heterocycles. The molecule has 0 bridgehead atoms. The lowest BCUT2D eigenvalue weighted by molar-refractivity contribution is -0.255. The number of rotatable bonds is 4. The van der Waals surface area contributed by atoms with Gasteiger partial charge >= 0.3 is 0 Å². The molecule has 0 radical (unpaired) electrons. The number of hydrogen-bond donors (Lipinski definition) is 0. The van der Waals surface area contributed by atoms with E-state index in [1.807, 2.05) is 0 Å². The van der Waals surface area contributed by atoms with Gasteiger partial charge in [-0.1, -0.05) is 19.3 Å². The molecule has 3 rings (SSSR count). The molecule has 22 heavy (non-hydrogen) atoms. The van der Waals surface area contributed by atoms with Gasteiger partial charge in [0.2, 0.25) is 0 Å². The van der Waals surface area contributed by atoms with Crippen LogP contribution < -0.4 is 9.84 Å². The van der Waals surface area contributed by atoms with Crippen molar-refractivity contribution in [3.63, 3.8) is 0 Å². The van der Waals surface area contributed by atoms with Crippen molar-refractivity contribution >= 4 is 5.97 Å². The molecule has 2 saturated carbocycles. The Morgan fingerprint density at radius 1 is 1.14 bits per heavy atom. The van der Waals surface area contributed by atoms with Crippen molar-refractivity contribution in [2.75, 3.05) is 0 Å². The van der Waals surface area contributed by atoms with Gasteiger partial charge in [-0.3, -0.25) is 0 Å². The molecule has 0 saturated heterocycles. The van der Waals surface area contributed by atoms with Gasteiger partial charge in [-0.25, -0.2) is 4.39 Å². The Kier molecular flexibility index (Phi) is 4.37. The number of carboxylic acids is 1. The number of carbonyl (C=O) groups is 1. The van der Waals surface area contributed by atoms with Crippen LogP contribution in [0.25, 0.3) is 0 Å². The summed E-state index contributed by atoms with van der Waals surface area (Å²) in [5.41, 5.74) is -0.353. The van der Waals surface area contributed by atoms with Gasteiger partial charge in [-0.05, 0) is 62.6 Å². The van der Waals surface area contributed by atoms with Crippen molar-refractivity contribution in [1.82, 2.24) is 0 Å². The van der Waals surface area contributed by atoms with Crippen LogP contribution in [0.15, 0.2) is 18.2 Å². The van der Waals surface area contributed by atoms with Crippen molar-refractivity contribution in [2.24, 2.45) is 5.92 Å². The van der Waals surface area contributed by atoms with Gasteiger partial charge in [0, 0.05) is 5.56 Å². The van der Waals surface area contributed by atoms with Gasteiger partial charge in [0.05, 0.1) is 5.97 Å². The Hall–Kier alpha value is -1.58. The SMILES string of the molecule is O=C([O-])c1ccc(F)c(OC2(C3CCCC3)CCCCC2)c1. The maximum absolute atomic E-state index is 14.1. The third kappa shape index (κ3) is 2.96. The molecule has 0 unspecified atom stereocenters. The van der Waals surface area contributed by atoms with E-state index in [1.54, 1.807) is 0 Å². The molecule has 1 aromatic rings. The first-order valence-corrected chi connectivity index (χ1v) is 8.31. The van der Waals surface area contributed by atoms with Crippen LogP contribution in [0.2, 0.25) is 0 Å². The quantitative estimate of drug-likeness (QED) is 0.856. The largest absolute Gasteiger partial charge is 0.545 e. The normalized spacial score (nSPS) is 21.7. The Labute approximate surface area is 130 Å². The molecule has 120 valence electrons. The predicted octanol–water partition coefficient (Wildman–Crippen LogP) is 3.46. The number of hydrogen-bond acceptors (Lipinski definition) is 3. The minimum absolute atomic E-state index is 0.0335. The van der Waals surface area contributed by atoms with E-state index >= 15 is 0 Å². The highest BCUT2D eigenvalue weighted by molar-refractivity contribution is 5.86. The Balaban J connectivity index is 1.90. The second kappa shape index (κ2) is 6.27. The van der Waals surface area contributed by atoms with Crippen molar-refractivity contribution in [1.29, 1.82) is 0 Å². The van der Waals surface area contributed by atoms with Gasteiger partial charge in [0.25, 0.3) is 0 Å². The van der Waals surface area contributed by atoms with Crippen LogP contribution in [0.5, 0.6) is 5.75 Å². The number of carboxylic acid groups (broad SMARTS) is 1. The van der Waals surface area contributed by atoms with Gasteiger partial charge in [0.15, 0.2) is 11.6 Å². The summed E-state index contributed by atoms with van der Waals surface area (Å²) in [5, 5.41) is 11.0. The van der Waals surface area contributed by atoms with E-state index in [-0.39, 0.29) is 16.9 Å². The summed E-state index contributed by atoms with van der Waals surface area (Å²) < 4.78 is 20.3. The highest BCUT2D eigenvalue weighted by Crippen LogP contribution is 2.45. The standard InChI is InChI=1S/C18H23FO3/c19-15-9-8-13(17(20)21)12-16(15)22-18(10-4-1-5-11-18)14-6-2-3-7-14/h8-9,12,14H,1-7,10-11H2,(H,20,21)/p-1. The van der Waals surface area contributed by atoms with Crippen molar-refractivity contribution < 1.29 is 19.0 Å². The summed E-state index contributed by atoms with van der Waals surface area (Å²) in [5.74, 6) is -1.27. The van der Waals surface area contributed by atoms with Crippen molar-refractivity contribution in [3.05, 3.63) is 29.6 Å². The van der Waals surface area contributed by atoms with Crippen LogP contribution in [0.3, 0.4) is 0 Å². The second-order valence-corrected chi connectivity index (χ2v) is 6.64. The molecule has 0 aliphatic heterocycles. The molecular weight excluding hydrogens is 283 g/mol. The molecule has 2 fully saturated rings. The predicted molar refractivity (Wildman–Crippen MR) is 79.1 cm³/mol. The lowest BCUT2D eigenvalue weighted by Gasteiger charge is -2.42. The van der Waals surface area contributed by atoms with Crippen LogP contribution in [-0.4, -0.2) is 11.6 Å². The zero-order valence-electron chi connectivity index (χ0n) is 12.8. The molecule has 1 aromatic carbocycles. The van der Waals surface area contributed by atoms with Crippen LogP contribution >= 0.6 is 0 Å². The molecular formula is C18H22FO3-. The van der Waals surface area contributed by atoms with E-state index in [1.165, 1.54) is 31.4 Å². The smallest absolute Gasteiger partial charge is 0.165 e. The highest BCUT2D eigenvalue weighted by atomic mass is 19.1. The lowest BCUT2D eigenvalue weighted by Crippen LogP contribution is -2.45. The fourth-order valence-corrected chi connectivity index (χ4v) is 4.12. The molecule has 4 heteroatoms. The van der Waals surface area contributed by atoms with Gasteiger partial charge < -0.3 is 14.6 Å². The third-order valence-electron chi connectivity index (χ3n) is 5.28. The van der Waals surface area contributed by atoms with E-state index in [9.17, 15) is 14.3 Å². The molecule has 0 heterocycles. The molecule has 0 atom stereocenters. The third-order valence-corrected chi connectivity index (χ3v) is 5.28. The number of halogens is 1. The summed E-state index contributed by atoms with van der Waals surface area (Å²) in [4.78, 5) is 11.0. The Morgan fingerprint density at radius 3 is 2.45 bits per heavy atom. The molecule has 0 N–H and O–H groups in total. The van der Waals surface area contributed by atoms with E-state index in [4.69, 9.17) is 4.74 Å². The summed E-state index contributed by atoms with van der Waals surface area (Å²) in [6.45, 7) is 0. The van der Waals surface area contributed by atoms with Crippen LogP contribution in [-0.2, 0) is 0 Å². The zero-order valence-corrected chi connectivity index (χ0v) is 12.8. The average Bonchev–Trinajstić information content (AvgIpc) is 3.05. The Morgan fingerprint density at radius 2 is 1.82 bits per heavy atom. The van der Waals surface area contributed by atoms with E-state index in [2.05, 4.69) is 0 Å². The zero-order chi connectivity index (χ0) is 15.6. The number of ether oxygens (including phenoxy) is 1. The van der Waals surface area contributed by atoms with E-state index < -0.39 is 11.8 Å². The van der Waals surface area contributed by atoms with Crippen LogP contribution in [0.1, 0.15) is 68.1 Å². The topological polar surface area (TPSA) is 49.4 Å². The van der Waals surface area contributed by atoms with E-state index in [0.29, 0.717) is 5.92 Å². The van der Waals surface area contributed by atoms with Gasteiger partial charge in [-0.2, -0.15) is 0 Å². The summed E-state index contributed by atoms with van der Waals surface area (Å²) >= 11 is 0. The van der Waals surface area contributed by atoms with Crippen molar-refractivity contribution in [3.8, 4) is 5.75 Å². The summed E-state index contributed by atoms with van der Waals surface area (Å²) in [6.07, 6.45) is 9.92. The molecule has 0 amide bonds. The Bertz CT molecular complexity index is 543. The fourth-order valence-electron chi connectivity index (χ4n) is 4.12. The summed E-state index contributed by atoms with van der Waals surface area (Å²) in [7, 11) is 0. The summed E-state index contributed by atoms with van der Waals surface area (Å²) in [6, 6.07) is 3.66. The maximum atomic E-state index is 14.1. The molecule has 3 nitrogen and oxygen atoms in total. The maximum Gasteiger partial charge on any atom is 0.165 e. The fraction of sp³-hybridized carbons (Fsp3) is 0.611. The lowest BCUT2D eigenvalue weighted by atomic mass is 9.74. The monoisotopic (exact) mass is 305 g/mol. The van der Waals surface area contributed by atoms with Gasteiger partial charge in [-0.15, -0.1) is 0 Å². The molecule has 2 aliphatic rings. The highest BCUT2D eigenvalue weighted by Gasteiger charge is 2.43. The van der Waals surface area contributed by atoms with E-state index in [0.717, 1.165) is 44.6 Å². The number of benzene rings is 1. The van der Waals surface area contributed by atoms with Crippen molar-refractivity contribution in [2.45, 2.75) is 63.4 Å². The molecule has 0 spiro atoms. The van der Waals surface area contributed by atoms with Gasteiger partial charge in [0.1, 0.15) is 5.60 Å². The number of aromatic carboxylic acids is 1. The first-order chi connectivity index (χ1) is 10.6. The minimum Gasteiger partial charge on any atom is -0.545 e. The minimum atomic E-state index is -1.30. The average molecular weight is 305 g/mol. The second-order valence-electron chi connectivity index (χ2n) is 6.64. The number of carbonyl (C=O) groups excluding carboxylic acids is 1. The van der Waals surface area contributed by atoms with Crippen LogP contribution in [0.4, 0.5) is 4.39 Å². The molecule has 2 aliphatic carbocycles.